The molecule has 0 saturated carbocycles. The van der Waals surface area contributed by atoms with E-state index in [1.807, 2.05) is 18.2 Å². The van der Waals surface area contributed by atoms with Gasteiger partial charge in [0, 0.05) is 17.6 Å². The number of hydrogen-bond donors (Lipinski definition) is 2. The lowest BCUT2D eigenvalue weighted by molar-refractivity contribution is 0.127. The largest absolute Gasteiger partial charge is 0.396 e. The van der Waals surface area contributed by atoms with Crippen molar-refractivity contribution >= 4 is 5.69 Å². The van der Waals surface area contributed by atoms with Gasteiger partial charge in [0.15, 0.2) is 0 Å². The van der Waals surface area contributed by atoms with E-state index in [9.17, 15) is 5.11 Å². The van der Waals surface area contributed by atoms with Gasteiger partial charge in [0.25, 0.3) is 0 Å². The highest BCUT2D eigenvalue weighted by Crippen LogP contribution is 2.27. The lowest BCUT2D eigenvalue weighted by Crippen LogP contribution is -2.32. The zero-order valence-electron chi connectivity index (χ0n) is 12.9. The first-order valence-corrected chi connectivity index (χ1v) is 7.33. The Morgan fingerprint density at radius 3 is 2.62 bits per heavy atom. The summed E-state index contributed by atoms with van der Waals surface area (Å²) in [7, 11) is 0. The Balaban J connectivity index is 2.18. The van der Waals surface area contributed by atoms with Crippen molar-refractivity contribution in [1.29, 1.82) is 0 Å². The molecular formula is C15H23N5O. The van der Waals surface area contributed by atoms with Gasteiger partial charge in [-0.1, -0.05) is 19.9 Å². The summed E-state index contributed by atoms with van der Waals surface area (Å²) < 4.78 is 1.63. The normalized spacial score (nSPS) is 11.6. The Labute approximate surface area is 125 Å². The molecule has 0 atom stereocenters. The molecule has 0 spiro atoms. The van der Waals surface area contributed by atoms with Crippen molar-refractivity contribution in [2.75, 3.05) is 18.5 Å². The topological polar surface area (TPSA) is 75.9 Å². The number of benzene rings is 1. The summed E-state index contributed by atoms with van der Waals surface area (Å²) in [5.74, 6) is 0. The number of aryl methyl sites for hydroxylation is 1. The summed E-state index contributed by atoms with van der Waals surface area (Å²) in [5.41, 5.74) is 3.04. The van der Waals surface area contributed by atoms with Gasteiger partial charge in [-0.05, 0) is 47.9 Å². The average Bonchev–Trinajstić information content (AvgIpc) is 3.05. The van der Waals surface area contributed by atoms with E-state index in [0.29, 0.717) is 0 Å². The predicted octanol–water partition coefficient (Wildman–Crippen LogP) is 2.18. The van der Waals surface area contributed by atoms with Crippen LogP contribution in [-0.2, 0) is 0 Å². The van der Waals surface area contributed by atoms with Gasteiger partial charge in [-0.25, -0.2) is 4.68 Å². The van der Waals surface area contributed by atoms with Gasteiger partial charge in [-0.3, -0.25) is 0 Å². The van der Waals surface area contributed by atoms with Crippen molar-refractivity contribution < 1.29 is 5.11 Å². The molecule has 0 radical (unpaired) electrons. The molecule has 0 unspecified atom stereocenters. The standard InChI is InChI=1S/C15H23N5O/c1-4-15(5-2,10-21)9-16-14-8-13(7-6-12(14)3)20-11-17-18-19-20/h6-8,11,16,21H,4-5,9-10H2,1-3H3. The quantitative estimate of drug-likeness (QED) is 0.817. The van der Waals surface area contributed by atoms with Crippen molar-refractivity contribution in [3.05, 3.63) is 30.1 Å². The molecule has 0 aliphatic carbocycles. The van der Waals surface area contributed by atoms with E-state index in [1.54, 1.807) is 11.0 Å². The smallest absolute Gasteiger partial charge is 0.143 e. The molecule has 6 heteroatoms. The summed E-state index contributed by atoms with van der Waals surface area (Å²) >= 11 is 0. The van der Waals surface area contributed by atoms with E-state index in [-0.39, 0.29) is 12.0 Å². The van der Waals surface area contributed by atoms with Gasteiger partial charge in [0.1, 0.15) is 6.33 Å². The molecule has 2 N–H and O–H groups in total. The van der Waals surface area contributed by atoms with Gasteiger partial charge in [-0.2, -0.15) is 0 Å². The molecule has 0 amide bonds. The zero-order chi connectivity index (χ0) is 15.3. The Morgan fingerprint density at radius 1 is 1.29 bits per heavy atom. The van der Waals surface area contributed by atoms with Gasteiger partial charge in [0.2, 0.25) is 0 Å². The van der Waals surface area contributed by atoms with Crippen LogP contribution >= 0.6 is 0 Å². The molecule has 0 aliphatic rings. The third kappa shape index (κ3) is 3.39. The third-order valence-corrected chi connectivity index (χ3v) is 4.32. The van der Waals surface area contributed by atoms with E-state index in [4.69, 9.17) is 0 Å². The minimum absolute atomic E-state index is 0.0722. The van der Waals surface area contributed by atoms with Crippen LogP contribution in [0.4, 0.5) is 5.69 Å². The highest BCUT2D eigenvalue weighted by molar-refractivity contribution is 5.56. The number of rotatable bonds is 7. The second kappa shape index (κ2) is 6.67. The van der Waals surface area contributed by atoms with Crippen LogP contribution in [-0.4, -0.2) is 38.5 Å². The molecule has 0 bridgehead atoms. The number of nitrogens with one attached hydrogen (secondary N) is 1. The van der Waals surface area contributed by atoms with E-state index < -0.39 is 0 Å². The molecule has 6 nitrogen and oxygen atoms in total. The average molecular weight is 289 g/mol. The monoisotopic (exact) mass is 289 g/mol. The summed E-state index contributed by atoms with van der Waals surface area (Å²) in [6, 6.07) is 6.05. The molecule has 2 rings (SSSR count). The first-order chi connectivity index (χ1) is 10.1. The fourth-order valence-corrected chi connectivity index (χ4v) is 2.28. The fraction of sp³-hybridized carbons (Fsp3) is 0.533. The van der Waals surface area contributed by atoms with Gasteiger partial charge < -0.3 is 10.4 Å². The van der Waals surface area contributed by atoms with Crippen LogP contribution < -0.4 is 5.32 Å². The van der Waals surface area contributed by atoms with Crippen molar-refractivity contribution in [3.8, 4) is 5.69 Å². The molecule has 0 saturated heterocycles. The second-order valence-corrected chi connectivity index (χ2v) is 5.47. The Kier molecular flexibility index (Phi) is 4.90. The number of tetrazole rings is 1. The highest BCUT2D eigenvalue weighted by Gasteiger charge is 2.25. The summed E-state index contributed by atoms with van der Waals surface area (Å²) in [6.07, 6.45) is 3.46. The molecule has 1 heterocycles. The summed E-state index contributed by atoms with van der Waals surface area (Å²) in [4.78, 5) is 0. The number of hydrogen-bond acceptors (Lipinski definition) is 5. The maximum Gasteiger partial charge on any atom is 0.143 e. The van der Waals surface area contributed by atoms with Crippen LogP contribution in [0.3, 0.4) is 0 Å². The lowest BCUT2D eigenvalue weighted by Gasteiger charge is -2.30. The minimum atomic E-state index is -0.0722. The van der Waals surface area contributed by atoms with Crippen molar-refractivity contribution in [2.24, 2.45) is 5.41 Å². The molecule has 0 aliphatic heterocycles. The number of anilines is 1. The first kappa shape index (κ1) is 15.4. The second-order valence-electron chi connectivity index (χ2n) is 5.47. The fourth-order valence-electron chi connectivity index (χ4n) is 2.28. The van der Waals surface area contributed by atoms with Crippen LogP contribution in [0, 0.1) is 12.3 Å². The molecule has 114 valence electrons. The van der Waals surface area contributed by atoms with E-state index in [1.165, 1.54) is 0 Å². The number of aliphatic hydroxyl groups excluding tert-OH is 1. The zero-order valence-corrected chi connectivity index (χ0v) is 12.9. The predicted molar refractivity (Wildman–Crippen MR) is 82.5 cm³/mol. The number of aromatic nitrogens is 4. The van der Waals surface area contributed by atoms with E-state index in [0.717, 1.165) is 36.3 Å². The molecule has 2 aromatic rings. The van der Waals surface area contributed by atoms with Crippen LogP contribution in [0.1, 0.15) is 32.3 Å². The van der Waals surface area contributed by atoms with Crippen LogP contribution in [0.2, 0.25) is 0 Å². The first-order valence-electron chi connectivity index (χ1n) is 7.33. The van der Waals surface area contributed by atoms with Crippen molar-refractivity contribution in [2.45, 2.75) is 33.6 Å². The summed E-state index contributed by atoms with van der Waals surface area (Å²) in [5, 5.41) is 24.3. The minimum Gasteiger partial charge on any atom is -0.396 e. The SMILES string of the molecule is CCC(CC)(CO)CNc1cc(-n2cnnn2)ccc1C. The molecular weight excluding hydrogens is 266 g/mol. The molecule has 1 aromatic heterocycles. The van der Waals surface area contributed by atoms with Gasteiger partial charge in [0.05, 0.1) is 12.3 Å². The molecule has 1 aromatic carbocycles. The van der Waals surface area contributed by atoms with Crippen molar-refractivity contribution in [3.63, 3.8) is 0 Å². The van der Waals surface area contributed by atoms with Crippen LogP contribution in [0.15, 0.2) is 24.5 Å². The maximum absolute atomic E-state index is 9.66. The van der Waals surface area contributed by atoms with Gasteiger partial charge in [-0.15, -0.1) is 5.10 Å². The summed E-state index contributed by atoms with van der Waals surface area (Å²) in [6.45, 7) is 7.23. The van der Waals surface area contributed by atoms with Crippen LogP contribution in [0.5, 0.6) is 0 Å². The maximum atomic E-state index is 9.66. The third-order valence-electron chi connectivity index (χ3n) is 4.32. The van der Waals surface area contributed by atoms with Gasteiger partial charge >= 0.3 is 0 Å². The van der Waals surface area contributed by atoms with Crippen LogP contribution in [0.25, 0.3) is 5.69 Å². The molecule has 21 heavy (non-hydrogen) atoms. The Morgan fingerprint density at radius 2 is 2.05 bits per heavy atom. The lowest BCUT2D eigenvalue weighted by atomic mass is 9.83. The number of nitrogens with zero attached hydrogens (tertiary/aromatic N) is 4. The van der Waals surface area contributed by atoms with Crippen molar-refractivity contribution in [1.82, 2.24) is 20.2 Å². The number of aliphatic hydroxyl groups is 1. The van der Waals surface area contributed by atoms with E-state index in [2.05, 4.69) is 41.6 Å². The Bertz CT molecular complexity index is 555. The Hall–Kier alpha value is -1.95. The van der Waals surface area contributed by atoms with E-state index >= 15 is 0 Å². The highest BCUT2D eigenvalue weighted by atomic mass is 16.3. The molecule has 0 fully saturated rings.